The molecule has 0 saturated carbocycles. The minimum atomic E-state index is -0.841. The highest BCUT2D eigenvalue weighted by atomic mass is 16.4. The Hall–Kier alpha value is -2.23. The number of hydrogen-bond donors (Lipinski definition) is 1. The van der Waals surface area contributed by atoms with Gasteiger partial charge in [0, 0.05) is 28.7 Å². The van der Waals surface area contributed by atoms with E-state index in [1.54, 1.807) is 31.2 Å². The van der Waals surface area contributed by atoms with E-state index in [4.69, 9.17) is 5.11 Å². The minimum Gasteiger partial charge on any atom is -0.481 e. The Morgan fingerprint density at radius 1 is 1.05 bits per heavy atom. The number of carboxylic acid groups (broad SMARTS) is 1. The summed E-state index contributed by atoms with van der Waals surface area (Å²) in [5, 5.41) is 8.59. The lowest BCUT2D eigenvalue weighted by Gasteiger charge is -2.18. The second-order valence-electron chi connectivity index (χ2n) is 4.91. The summed E-state index contributed by atoms with van der Waals surface area (Å²) in [6.45, 7) is 1.67. The van der Waals surface area contributed by atoms with Gasteiger partial charge < -0.3 is 5.11 Å². The number of carbonyl (C=O) groups excluding carboxylic acids is 2. The van der Waals surface area contributed by atoms with Crippen LogP contribution in [-0.2, 0) is 4.79 Å². The molecule has 0 saturated heterocycles. The number of Topliss-reactive ketones (excluding diaryl/α,β-unsaturated/α-hetero) is 2. The molecule has 1 N–H and O–H groups in total. The second kappa shape index (κ2) is 5.82. The molecule has 1 aromatic rings. The number of allylic oxidation sites excluding steroid dienone is 2. The Morgan fingerprint density at radius 3 is 2.25 bits per heavy atom. The number of ketones is 2. The molecular weight excluding hydrogens is 256 g/mol. The summed E-state index contributed by atoms with van der Waals surface area (Å²) in [5.41, 5.74) is 1.93. The molecule has 4 nitrogen and oxygen atoms in total. The molecule has 0 heterocycles. The van der Waals surface area contributed by atoms with Gasteiger partial charge in [0.05, 0.1) is 0 Å². The van der Waals surface area contributed by atoms with Gasteiger partial charge in [0.25, 0.3) is 0 Å². The molecule has 0 atom stereocenters. The summed E-state index contributed by atoms with van der Waals surface area (Å²) in [6.07, 6.45) is 1.65. The Balaban J connectivity index is 2.17. The average Bonchev–Trinajstić information content (AvgIpc) is 2.44. The van der Waals surface area contributed by atoms with Crippen molar-refractivity contribution in [3.05, 3.63) is 46.5 Å². The van der Waals surface area contributed by atoms with Crippen LogP contribution in [0.3, 0.4) is 0 Å². The molecule has 1 aliphatic carbocycles. The summed E-state index contributed by atoms with van der Waals surface area (Å²) in [7, 11) is 0. The van der Waals surface area contributed by atoms with Crippen molar-refractivity contribution in [1.29, 1.82) is 0 Å². The number of benzene rings is 1. The molecule has 104 valence electrons. The Bertz CT molecular complexity index is 611. The van der Waals surface area contributed by atoms with Gasteiger partial charge in [0.1, 0.15) is 0 Å². The van der Waals surface area contributed by atoms with Crippen LogP contribution in [0.5, 0.6) is 0 Å². The van der Waals surface area contributed by atoms with E-state index in [9.17, 15) is 14.4 Å². The van der Waals surface area contributed by atoms with Crippen molar-refractivity contribution >= 4 is 17.5 Å². The molecule has 0 unspecified atom stereocenters. The van der Waals surface area contributed by atoms with Crippen molar-refractivity contribution in [3.63, 3.8) is 0 Å². The van der Waals surface area contributed by atoms with Gasteiger partial charge in [-0.25, -0.2) is 0 Å². The molecule has 0 fully saturated rings. The quantitative estimate of drug-likeness (QED) is 0.836. The predicted octanol–water partition coefficient (Wildman–Crippen LogP) is 3.03. The molecule has 4 heteroatoms. The molecule has 0 spiro atoms. The smallest absolute Gasteiger partial charge is 0.303 e. The molecule has 1 aliphatic rings. The first-order valence-corrected chi connectivity index (χ1v) is 6.62. The van der Waals surface area contributed by atoms with Crippen LogP contribution in [0.25, 0.3) is 0 Å². The monoisotopic (exact) mass is 272 g/mol. The third-order valence-corrected chi connectivity index (χ3v) is 3.55. The van der Waals surface area contributed by atoms with Crippen molar-refractivity contribution in [2.75, 3.05) is 0 Å². The highest BCUT2D eigenvalue weighted by molar-refractivity contribution is 6.26. The summed E-state index contributed by atoms with van der Waals surface area (Å²) >= 11 is 0. The lowest BCUT2D eigenvalue weighted by Crippen LogP contribution is -2.20. The van der Waals surface area contributed by atoms with Crippen LogP contribution in [0.15, 0.2) is 35.4 Å². The lowest BCUT2D eigenvalue weighted by atomic mass is 9.83. The third-order valence-electron chi connectivity index (χ3n) is 3.55. The molecule has 2 rings (SSSR count). The van der Waals surface area contributed by atoms with Crippen molar-refractivity contribution < 1.29 is 19.5 Å². The molecule has 0 aliphatic heterocycles. The van der Waals surface area contributed by atoms with E-state index in [1.165, 1.54) is 0 Å². The van der Waals surface area contributed by atoms with E-state index in [1.807, 2.05) is 0 Å². The Kier molecular flexibility index (Phi) is 4.13. The number of carboxylic acids is 1. The SMILES string of the molecule is CC1=C(CCCCC(=O)O)C(=O)c2ccccc2C1=O. The number of fused-ring (bicyclic) bond motifs is 1. The predicted molar refractivity (Wildman–Crippen MR) is 73.9 cm³/mol. The molecule has 0 radical (unpaired) electrons. The maximum atomic E-state index is 12.4. The highest BCUT2D eigenvalue weighted by Crippen LogP contribution is 2.28. The van der Waals surface area contributed by atoms with Gasteiger partial charge in [-0.2, -0.15) is 0 Å². The summed E-state index contributed by atoms with van der Waals surface area (Å²) < 4.78 is 0. The Labute approximate surface area is 117 Å². The number of hydrogen-bond acceptors (Lipinski definition) is 3. The van der Waals surface area contributed by atoms with E-state index in [-0.39, 0.29) is 18.0 Å². The normalized spacial score (nSPS) is 14.4. The molecule has 0 bridgehead atoms. The maximum absolute atomic E-state index is 12.4. The first-order valence-electron chi connectivity index (χ1n) is 6.62. The van der Waals surface area contributed by atoms with E-state index in [2.05, 4.69) is 0 Å². The minimum absolute atomic E-state index is 0.0883. The van der Waals surface area contributed by atoms with Crippen LogP contribution < -0.4 is 0 Å². The van der Waals surface area contributed by atoms with E-state index in [0.717, 1.165) is 0 Å². The number of rotatable bonds is 5. The zero-order chi connectivity index (χ0) is 14.7. The topological polar surface area (TPSA) is 71.4 Å². The number of aliphatic carboxylic acids is 1. The van der Waals surface area contributed by atoms with E-state index >= 15 is 0 Å². The van der Waals surface area contributed by atoms with Gasteiger partial charge in [-0.15, -0.1) is 0 Å². The number of carbonyl (C=O) groups is 3. The fourth-order valence-corrected chi connectivity index (χ4v) is 2.43. The summed E-state index contributed by atoms with van der Waals surface area (Å²) in [6, 6.07) is 6.82. The highest BCUT2D eigenvalue weighted by Gasteiger charge is 2.28. The van der Waals surface area contributed by atoms with Crippen LogP contribution in [-0.4, -0.2) is 22.6 Å². The summed E-state index contributed by atoms with van der Waals surface area (Å²) in [4.78, 5) is 35.0. The molecule has 0 amide bonds. The van der Waals surface area contributed by atoms with E-state index < -0.39 is 5.97 Å². The second-order valence-corrected chi connectivity index (χ2v) is 4.91. The van der Waals surface area contributed by atoms with Gasteiger partial charge in [-0.05, 0) is 26.2 Å². The number of unbranched alkanes of at least 4 members (excludes halogenated alkanes) is 1. The zero-order valence-corrected chi connectivity index (χ0v) is 11.3. The van der Waals surface area contributed by atoms with Crippen LogP contribution in [0.4, 0.5) is 0 Å². The van der Waals surface area contributed by atoms with Gasteiger partial charge in [-0.1, -0.05) is 24.3 Å². The molecule has 20 heavy (non-hydrogen) atoms. The van der Waals surface area contributed by atoms with Gasteiger partial charge in [-0.3, -0.25) is 14.4 Å². The summed E-state index contributed by atoms with van der Waals surface area (Å²) in [5.74, 6) is -1.05. The zero-order valence-electron chi connectivity index (χ0n) is 11.3. The third kappa shape index (κ3) is 2.69. The van der Waals surface area contributed by atoms with Crippen molar-refractivity contribution in [2.24, 2.45) is 0 Å². The van der Waals surface area contributed by atoms with Crippen LogP contribution in [0.1, 0.15) is 53.3 Å². The lowest BCUT2D eigenvalue weighted by molar-refractivity contribution is -0.137. The standard InChI is InChI=1S/C16H16O4/c1-10-11(6-4-5-9-14(17)18)16(20)13-8-3-2-7-12(13)15(10)19/h2-3,7-8H,4-6,9H2,1H3,(H,17,18). The van der Waals surface area contributed by atoms with Crippen LogP contribution in [0.2, 0.25) is 0 Å². The van der Waals surface area contributed by atoms with Crippen LogP contribution in [0, 0.1) is 0 Å². The first-order chi connectivity index (χ1) is 9.52. The van der Waals surface area contributed by atoms with Gasteiger partial charge in [0.15, 0.2) is 11.6 Å². The average molecular weight is 272 g/mol. The van der Waals surface area contributed by atoms with Crippen molar-refractivity contribution in [1.82, 2.24) is 0 Å². The largest absolute Gasteiger partial charge is 0.481 e. The molecule has 0 aromatic heterocycles. The van der Waals surface area contributed by atoms with Crippen molar-refractivity contribution in [2.45, 2.75) is 32.6 Å². The first kappa shape index (κ1) is 14.2. The Morgan fingerprint density at radius 2 is 1.65 bits per heavy atom. The van der Waals surface area contributed by atoms with Crippen LogP contribution >= 0.6 is 0 Å². The fourth-order valence-electron chi connectivity index (χ4n) is 2.43. The van der Waals surface area contributed by atoms with Gasteiger partial charge >= 0.3 is 5.97 Å². The maximum Gasteiger partial charge on any atom is 0.303 e. The molecular formula is C16H16O4. The van der Waals surface area contributed by atoms with E-state index in [0.29, 0.717) is 41.5 Å². The molecule has 1 aromatic carbocycles. The fraction of sp³-hybridized carbons (Fsp3) is 0.312. The van der Waals surface area contributed by atoms with Gasteiger partial charge in [0.2, 0.25) is 0 Å². The van der Waals surface area contributed by atoms with Crippen molar-refractivity contribution in [3.8, 4) is 0 Å².